The summed E-state index contributed by atoms with van der Waals surface area (Å²) in [5, 5.41) is 16.3. The van der Waals surface area contributed by atoms with E-state index in [1.54, 1.807) is 0 Å². The lowest BCUT2D eigenvalue weighted by Crippen LogP contribution is -2.45. The summed E-state index contributed by atoms with van der Waals surface area (Å²) >= 11 is 0. The highest BCUT2D eigenvalue weighted by atomic mass is 16.5. The van der Waals surface area contributed by atoms with Gasteiger partial charge in [0.05, 0.1) is 25.4 Å². The van der Waals surface area contributed by atoms with Crippen molar-refractivity contribution in [2.75, 3.05) is 19.8 Å². The van der Waals surface area contributed by atoms with Gasteiger partial charge in [-0.15, -0.1) is 0 Å². The van der Waals surface area contributed by atoms with E-state index in [0.717, 1.165) is 17.7 Å². The molecule has 1 aliphatic heterocycles. The van der Waals surface area contributed by atoms with Gasteiger partial charge >= 0.3 is 0 Å². The largest absolute Gasteiger partial charge is 0.390 e. The summed E-state index contributed by atoms with van der Waals surface area (Å²) in [6, 6.07) is 7.64. The van der Waals surface area contributed by atoms with Crippen LogP contribution in [0.2, 0.25) is 0 Å². The Balaban J connectivity index is 1.61. The normalized spacial score (nSPS) is 28.9. The first kappa shape index (κ1) is 13.5. The van der Waals surface area contributed by atoms with E-state index >= 15 is 0 Å². The second-order valence-electron chi connectivity index (χ2n) is 5.45. The lowest BCUT2D eigenvalue weighted by atomic mass is 10.1. The molecule has 0 bridgehead atoms. The van der Waals surface area contributed by atoms with Crippen LogP contribution in [-0.4, -0.2) is 42.9 Å². The Bertz CT molecular complexity index is 486. The molecular weight excluding hydrogens is 256 g/mol. The number of hydrogen-bond acceptors (Lipinski definition) is 4. The number of aliphatic hydroxyl groups is 1. The fraction of sp³-hybridized carbons (Fsp3) is 0.533. The Morgan fingerprint density at radius 2 is 2.30 bits per heavy atom. The van der Waals surface area contributed by atoms with E-state index in [-0.39, 0.29) is 18.0 Å². The quantitative estimate of drug-likeness (QED) is 0.734. The molecule has 5 heteroatoms. The maximum Gasteiger partial charge on any atom is 0.222 e. The van der Waals surface area contributed by atoms with Crippen molar-refractivity contribution >= 4 is 5.91 Å². The molecule has 3 rings (SSSR count). The predicted molar refractivity (Wildman–Crippen MR) is 74.3 cm³/mol. The van der Waals surface area contributed by atoms with Crippen molar-refractivity contribution in [2.24, 2.45) is 0 Å². The molecule has 0 aromatic heterocycles. The number of morpholine rings is 1. The molecule has 3 N–H and O–H groups in total. The third-order valence-electron chi connectivity index (χ3n) is 3.95. The second kappa shape index (κ2) is 5.91. The lowest BCUT2D eigenvalue weighted by Gasteiger charge is -2.25. The smallest absolute Gasteiger partial charge is 0.222 e. The number of hydrogen-bond donors (Lipinski definition) is 3. The van der Waals surface area contributed by atoms with Crippen LogP contribution >= 0.6 is 0 Å². The van der Waals surface area contributed by atoms with Gasteiger partial charge in [-0.05, 0) is 11.1 Å². The Kier molecular flexibility index (Phi) is 4.00. The van der Waals surface area contributed by atoms with Crippen LogP contribution in [0.3, 0.4) is 0 Å². The minimum atomic E-state index is -0.535. The van der Waals surface area contributed by atoms with E-state index in [0.29, 0.717) is 26.1 Å². The van der Waals surface area contributed by atoms with Crippen LogP contribution < -0.4 is 10.6 Å². The summed E-state index contributed by atoms with van der Waals surface area (Å²) in [5.41, 5.74) is 2.14. The monoisotopic (exact) mass is 276 g/mol. The maximum absolute atomic E-state index is 12.1. The third kappa shape index (κ3) is 2.85. The number of benzene rings is 1. The van der Waals surface area contributed by atoms with Gasteiger partial charge in [0.1, 0.15) is 0 Å². The van der Waals surface area contributed by atoms with Gasteiger partial charge in [-0.3, -0.25) is 4.79 Å². The Labute approximate surface area is 118 Å². The summed E-state index contributed by atoms with van der Waals surface area (Å²) < 4.78 is 5.34. The lowest BCUT2D eigenvalue weighted by molar-refractivity contribution is -0.123. The van der Waals surface area contributed by atoms with Crippen LogP contribution in [0.25, 0.3) is 0 Å². The summed E-state index contributed by atoms with van der Waals surface area (Å²) in [4.78, 5) is 12.1. The van der Waals surface area contributed by atoms with Crippen molar-refractivity contribution in [3.05, 3.63) is 35.4 Å². The average Bonchev–Trinajstić information content (AvgIpc) is 2.76. The zero-order chi connectivity index (χ0) is 13.9. The number of rotatable bonds is 3. The van der Waals surface area contributed by atoms with Crippen LogP contribution in [0.4, 0.5) is 0 Å². The van der Waals surface area contributed by atoms with E-state index < -0.39 is 6.10 Å². The highest BCUT2D eigenvalue weighted by molar-refractivity contribution is 5.77. The van der Waals surface area contributed by atoms with Gasteiger partial charge in [0, 0.05) is 25.4 Å². The van der Waals surface area contributed by atoms with Crippen molar-refractivity contribution < 1.29 is 14.6 Å². The molecule has 1 fully saturated rings. The van der Waals surface area contributed by atoms with Crippen LogP contribution in [0.1, 0.15) is 23.6 Å². The molecule has 1 amide bonds. The predicted octanol–water partition coefficient (Wildman–Crippen LogP) is 0.139. The van der Waals surface area contributed by atoms with Crippen LogP contribution in [0.15, 0.2) is 24.3 Å². The molecule has 0 radical (unpaired) electrons. The summed E-state index contributed by atoms with van der Waals surface area (Å²) in [6.45, 7) is 2.05. The summed E-state index contributed by atoms with van der Waals surface area (Å²) in [5.74, 6) is -0.0475. The molecular formula is C15H20N2O3. The van der Waals surface area contributed by atoms with Gasteiger partial charge in [0.2, 0.25) is 5.91 Å². The Morgan fingerprint density at radius 3 is 3.10 bits per heavy atom. The van der Waals surface area contributed by atoms with Crippen molar-refractivity contribution in [2.45, 2.75) is 31.0 Å². The van der Waals surface area contributed by atoms with Crippen LogP contribution in [0.5, 0.6) is 0 Å². The molecule has 1 heterocycles. The fourth-order valence-electron chi connectivity index (χ4n) is 2.95. The number of fused-ring (bicyclic) bond motifs is 1. The standard InChI is InChI=1S/C15H20N2O3/c18-13-7-10-3-1-2-4-12(10)15(13)17-14(19)8-11-9-20-6-5-16-11/h1-4,11,13,15-16,18H,5-9H2,(H,17,19)/t11?,13-,15+/m0/s1. The van der Waals surface area contributed by atoms with Crippen molar-refractivity contribution in [1.29, 1.82) is 0 Å². The molecule has 0 saturated carbocycles. The molecule has 20 heavy (non-hydrogen) atoms. The SMILES string of the molecule is O=C(CC1COCCN1)N[C@@H]1c2ccccc2C[C@@H]1O. The zero-order valence-corrected chi connectivity index (χ0v) is 11.3. The van der Waals surface area contributed by atoms with Gasteiger partial charge in [-0.2, -0.15) is 0 Å². The van der Waals surface area contributed by atoms with E-state index in [2.05, 4.69) is 10.6 Å². The third-order valence-corrected chi connectivity index (χ3v) is 3.95. The molecule has 0 spiro atoms. The zero-order valence-electron chi connectivity index (χ0n) is 11.3. The number of aliphatic hydroxyl groups excluding tert-OH is 1. The van der Waals surface area contributed by atoms with Crippen molar-refractivity contribution in [3.63, 3.8) is 0 Å². The number of nitrogens with one attached hydrogen (secondary N) is 2. The Hall–Kier alpha value is -1.43. The number of carbonyl (C=O) groups excluding carboxylic acids is 1. The van der Waals surface area contributed by atoms with E-state index in [1.165, 1.54) is 0 Å². The van der Waals surface area contributed by atoms with E-state index in [4.69, 9.17) is 4.74 Å². The first-order valence-corrected chi connectivity index (χ1v) is 7.10. The molecule has 1 aromatic carbocycles. The summed E-state index contributed by atoms with van der Waals surface area (Å²) in [6.07, 6.45) is 0.448. The second-order valence-corrected chi connectivity index (χ2v) is 5.45. The van der Waals surface area contributed by atoms with Gasteiger partial charge in [-0.1, -0.05) is 24.3 Å². The Morgan fingerprint density at radius 1 is 1.45 bits per heavy atom. The molecule has 1 saturated heterocycles. The molecule has 2 aliphatic rings. The van der Waals surface area contributed by atoms with E-state index in [1.807, 2.05) is 24.3 Å². The van der Waals surface area contributed by atoms with E-state index in [9.17, 15) is 9.90 Å². The van der Waals surface area contributed by atoms with Crippen LogP contribution in [-0.2, 0) is 16.0 Å². The minimum absolute atomic E-state index is 0.0475. The molecule has 3 atom stereocenters. The summed E-state index contributed by atoms with van der Waals surface area (Å²) in [7, 11) is 0. The van der Waals surface area contributed by atoms with Gasteiger partial charge < -0.3 is 20.5 Å². The minimum Gasteiger partial charge on any atom is -0.390 e. The molecule has 108 valence electrons. The number of carbonyl (C=O) groups is 1. The van der Waals surface area contributed by atoms with Crippen molar-refractivity contribution in [1.82, 2.24) is 10.6 Å². The van der Waals surface area contributed by atoms with Crippen molar-refractivity contribution in [3.8, 4) is 0 Å². The maximum atomic E-state index is 12.1. The van der Waals surface area contributed by atoms with Crippen LogP contribution in [0, 0.1) is 0 Å². The molecule has 1 aromatic rings. The average molecular weight is 276 g/mol. The number of ether oxygens (including phenoxy) is 1. The highest BCUT2D eigenvalue weighted by Crippen LogP contribution is 2.31. The fourth-order valence-corrected chi connectivity index (χ4v) is 2.95. The van der Waals surface area contributed by atoms with Gasteiger partial charge in [0.25, 0.3) is 0 Å². The van der Waals surface area contributed by atoms with Gasteiger partial charge in [-0.25, -0.2) is 0 Å². The topological polar surface area (TPSA) is 70.6 Å². The first-order valence-electron chi connectivity index (χ1n) is 7.10. The number of amides is 1. The molecule has 5 nitrogen and oxygen atoms in total. The van der Waals surface area contributed by atoms with Gasteiger partial charge in [0.15, 0.2) is 0 Å². The first-order chi connectivity index (χ1) is 9.74. The molecule has 1 aliphatic carbocycles. The highest BCUT2D eigenvalue weighted by Gasteiger charge is 2.32. The molecule has 1 unspecified atom stereocenters.